The number of hydrogen-bond donors (Lipinski definition) is 0. The van der Waals surface area contributed by atoms with Gasteiger partial charge in [0.05, 0.1) is 12.7 Å². The highest BCUT2D eigenvalue weighted by Crippen LogP contribution is 2.04. The molecular formula is C11H9FN2O. The molecule has 0 saturated carbocycles. The minimum Gasteiger partial charge on any atom is -0.308 e. The van der Waals surface area contributed by atoms with Gasteiger partial charge in [-0.05, 0) is 17.7 Å². The van der Waals surface area contributed by atoms with E-state index in [9.17, 15) is 9.18 Å². The van der Waals surface area contributed by atoms with Crippen LogP contribution in [-0.4, -0.2) is 9.55 Å². The summed E-state index contributed by atoms with van der Waals surface area (Å²) in [4.78, 5) is 15.0. The highest BCUT2D eigenvalue weighted by atomic mass is 19.1. The topological polar surface area (TPSA) is 34.9 Å². The van der Waals surface area contributed by atoms with Gasteiger partial charge in [-0.15, -0.1) is 0 Å². The van der Waals surface area contributed by atoms with Crippen LogP contribution in [-0.2, 0) is 6.54 Å². The van der Waals surface area contributed by atoms with E-state index in [1.807, 2.05) is 0 Å². The SMILES string of the molecule is O=c1cnccn1Cc1cccc(F)c1. The van der Waals surface area contributed by atoms with Gasteiger partial charge in [-0.2, -0.15) is 0 Å². The zero-order valence-electron chi connectivity index (χ0n) is 7.93. The zero-order valence-corrected chi connectivity index (χ0v) is 7.93. The van der Waals surface area contributed by atoms with E-state index in [0.717, 1.165) is 5.56 Å². The molecule has 0 aliphatic rings. The van der Waals surface area contributed by atoms with Gasteiger partial charge in [0.15, 0.2) is 0 Å². The fourth-order valence-corrected chi connectivity index (χ4v) is 1.34. The number of aromatic nitrogens is 2. The molecule has 0 radical (unpaired) electrons. The summed E-state index contributed by atoms with van der Waals surface area (Å²) in [6.07, 6.45) is 4.34. The molecule has 0 amide bonds. The fourth-order valence-electron chi connectivity index (χ4n) is 1.34. The molecule has 1 aromatic heterocycles. The van der Waals surface area contributed by atoms with Gasteiger partial charge in [-0.1, -0.05) is 12.1 Å². The van der Waals surface area contributed by atoms with Crippen LogP contribution in [0.2, 0.25) is 0 Å². The summed E-state index contributed by atoms with van der Waals surface area (Å²) < 4.78 is 14.3. The summed E-state index contributed by atoms with van der Waals surface area (Å²) in [7, 11) is 0. The Labute approximate surface area is 85.8 Å². The van der Waals surface area contributed by atoms with Gasteiger partial charge in [-0.25, -0.2) is 4.39 Å². The lowest BCUT2D eigenvalue weighted by molar-refractivity contribution is 0.622. The molecule has 3 nitrogen and oxygen atoms in total. The van der Waals surface area contributed by atoms with Crippen LogP contribution in [0, 0.1) is 5.82 Å². The fraction of sp³-hybridized carbons (Fsp3) is 0.0909. The van der Waals surface area contributed by atoms with E-state index < -0.39 is 0 Å². The van der Waals surface area contributed by atoms with Gasteiger partial charge in [-0.3, -0.25) is 9.78 Å². The summed E-state index contributed by atoms with van der Waals surface area (Å²) in [6, 6.07) is 6.18. The normalized spacial score (nSPS) is 10.2. The molecule has 4 heteroatoms. The summed E-state index contributed by atoms with van der Waals surface area (Å²) >= 11 is 0. The standard InChI is InChI=1S/C11H9FN2O/c12-10-3-1-2-9(6-10)8-14-5-4-13-7-11(14)15/h1-7H,8H2. The van der Waals surface area contributed by atoms with E-state index in [4.69, 9.17) is 0 Å². The molecule has 0 spiro atoms. The number of hydrogen-bond acceptors (Lipinski definition) is 2. The van der Waals surface area contributed by atoms with Crippen molar-refractivity contribution < 1.29 is 4.39 Å². The number of nitrogens with zero attached hydrogens (tertiary/aromatic N) is 2. The van der Waals surface area contributed by atoms with Crippen LogP contribution < -0.4 is 5.56 Å². The Morgan fingerprint density at radius 3 is 3.00 bits per heavy atom. The van der Waals surface area contributed by atoms with Gasteiger partial charge < -0.3 is 4.57 Å². The average Bonchev–Trinajstić information content (AvgIpc) is 2.22. The van der Waals surface area contributed by atoms with Gasteiger partial charge in [0.2, 0.25) is 0 Å². The van der Waals surface area contributed by atoms with Crippen LogP contribution in [0.1, 0.15) is 5.56 Å². The van der Waals surface area contributed by atoms with E-state index in [1.54, 1.807) is 18.3 Å². The van der Waals surface area contributed by atoms with Crippen molar-refractivity contribution in [2.45, 2.75) is 6.54 Å². The Balaban J connectivity index is 2.30. The summed E-state index contributed by atoms with van der Waals surface area (Å²) in [5, 5.41) is 0. The molecule has 0 saturated heterocycles. The number of halogens is 1. The zero-order chi connectivity index (χ0) is 10.7. The lowest BCUT2D eigenvalue weighted by atomic mass is 10.2. The van der Waals surface area contributed by atoms with Gasteiger partial charge >= 0.3 is 0 Å². The van der Waals surface area contributed by atoms with Crippen molar-refractivity contribution in [2.24, 2.45) is 0 Å². The van der Waals surface area contributed by atoms with E-state index in [2.05, 4.69) is 4.98 Å². The van der Waals surface area contributed by atoms with Gasteiger partial charge in [0.25, 0.3) is 5.56 Å². The predicted molar refractivity (Wildman–Crippen MR) is 54.0 cm³/mol. The summed E-state index contributed by atoms with van der Waals surface area (Å²) in [5.74, 6) is -0.297. The maximum atomic E-state index is 12.9. The molecule has 1 aromatic carbocycles. The molecule has 15 heavy (non-hydrogen) atoms. The van der Waals surface area contributed by atoms with E-state index in [0.29, 0.717) is 6.54 Å². The third kappa shape index (κ3) is 2.28. The average molecular weight is 204 g/mol. The minimum atomic E-state index is -0.297. The van der Waals surface area contributed by atoms with Gasteiger partial charge in [0.1, 0.15) is 5.82 Å². The monoisotopic (exact) mass is 204 g/mol. The summed E-state index contributed by atoms with van der Waals surface area (Å²) in [5.41, 5.74) is 0.560. The van der Waals surface area contributed by atoms with E-state index >= 15 is 0 Å². The Bertz CT molecular complexity index is 522. The molecule has 0 unspecified atom stereocenters. The third-order valence-electron chi connectivity index (χ3n) is 2.04. The molecule has 0 N–H and O–H groups in total. The van der Waals surface area contributed by atoms with Crippen molar-refractivity contribution in [2.75, 3.05) is 0 Å². The molecule has 1 heterocycles. The Morgan fingerprint density at radius 2 is 2.27 bits per heavy atom. The molecule has 0 aliphatic carbocycles. The smallest absolute Gasteiger partial charge is 0.269 e. The van der Waals surface area contributed by atoms with Crippen LogP contribution >= 0.6 is 0 Å². The minimum absolute atomic E-state index is 0.193. The molecule has 2 rings (SSSR count). The molecule has 0 atom stereocenters. The highest BCUT2D eigenvalue weighted by Gasteiger charge is 1.98. The van der Waals surface area contributed by atoms with E-state index in [1.165, 1.54) is 29.1 Å². The third-order valence-corrected chi connectivity index (χ3v) is 2.04. The Morgan fingerprint density at radius 1 is 1.40 bits per heavy atom. The second-order valence-electron chi connectivity index (χ2n) is 3.17. The van der Waals surface area contributed by atoms with Gasteiger partial charge in [0, 0.05) is 12.4 Å². The largest absolute Gasteiger partial charge is 0.308 e. The Hall–Kier alpha value is -1.97. The second-order valence-corrected chi connectivity index (χ2v) is 3.17. The highest BCUT2D eigenvalue weighted by molar-refractivity contribution is 5.16. The molecule has 0 fully saturated rings. The first-order valence-electron chi connectivity index (χ1n) is 4.50. The Kier molecular flexibility index (Phi) is 2.58. The predicted octanol–water partition coefficient (Wildman–Crippen LogP) is 1.43. The first-order valence-corrected chi connectivity index (χ1v) is 4.50. The first-order chi connectivity index (χ1) is 7.25. The lowest BCUT2D eigenvalue weighted by Crippen LogP contribution is -2.19. The van der Waals surface area contributed by atoms with Crippen molar-refractivity contribution >= 4 is 0 Å². The first kappa shape index (κ1) is 9.58. The van der Waals surface area contributed by atoms with Crippen molar-refractivity contribution in [3.8, 4) is 0 Å². The summed E-state index contributed by atoms with van der Waals surface area (Å²) in [6.45, 7) is 0.360. The molecule has 2 aromatic rings. The van der Waals surface area contributed by atoms with Crippen LogP contribution in [0.4, 0.5) is 4.39 Å². The maximum absolute atomic E-state index is 12.9. The quantitative estimate of drug-likeness (QED) is 0.741. The van der Waals surface area contributed by atoms with E-state index in [-0.39, 0.29) is 11.4 Å². The molecule has 0 aliphatic heterocycles. The molecular weight excluding hydrogens is 195 g/mol. The number of benzene rings is 1. The maximum Gasteiger partial charge on any atom is 0.269 e. The molecule has 0 bridgehead atoms. The number of rotatable bonds is 2. The van der Waals surface area contributed by atoms with Crippen molar-refractivity contribution in [1.82, 2.24) is 9.55 Å². The second kappa shape index (κ2) is 4.04. The van der Waals surface area contributed by atoms with Crippen molar-refractivity contribution in [3.63, 3.8) is 0 Å². The van der Waals surface area contributed by atoms with Crippen LogP contribution in [0.3, 0.4) is 0 Å². The molecule has 76 valence electrons. The lowest BCUT2D eigenvalue weighted by Gasteiger charge is -2.04. The van der Waals surface area contributed by atoms with Crippen molar-refractivity contribution in [3.05, 3.63) is 64.6 Å². The van der Waals surface area contributed by atoms with Crippen LogP contribution in [0.25, 0.3) is 0 Å². The van der Waals surface area contributed by atoms with Crippen LogP contribution in [0.15, 0.2) is 47.7 Å². The van der Waals surface area contributed by atoms with Crippen LogP contribution in [0.5, 0.6) is 0 Å². The van der Waals surface area contributed by atoms with Crippen molar-refractivity contribution in [1.29, 1.82) is 0 Å².